The third-order valence-corrected chi connectivity index (χ3v) is 3.03. The fourth-order valence-electron chi connectivity index (χ4n) is 1.81. The minimum Gasteiger partial charge on any atom is -0.478 e. The number of hydrogen-bond acceptors (Lipinski definition) is 2. The van der Waals surface area contributed by atoms with Gasteiger partial charge in [-0.2, -0.15) is 0 Å². The van der Waals surface area contributed by atoms with Gasteiger partial charge < -0.3 is 5.11 Å². The first-order chi connectivity index (χ1) is 9.97. The third-order valence-electron chi connectivity index (χ3n) is 3.03. The van der Waals surface area contributed by atoms with Gasteiger partial charge in [0, 0.05) is 11.1 Å². The van der Waals surface area contributed by atoms with Crippen LogP contribution in [-0.4, -0.2) is 16.9 Å². The molecule has 0 fully saturated rings. The van der Waals surface area contributed by atoms with E-state index in [1.165, 1.54) is 19.1 Å². The lowest BCUT2D eigenvalue weighted by Crippen LogP contribution is -2.01. The normalized spacial score (nSPS) is 11.2. The van der Waals surface area contributed by atoms with E-state index < -0.39 is 5.97 Å². The Balaban J connectivity index is 2.23. The van der Waals surface area contributed by atoms with Gasteiger partial charge in [-0.15, -0.1) is 0 Å². The predicted octanol–water partition coefficient (Wildman–Crippen LogP) is 3.71. The molecule has 21 heavy (non-hydrogen) atoms. The Morgan fingerprint density at radius 2 is 1.43 bits per heavy atom. The molecule has 0 aliphatic carbocycles. The molecule has 0 saturated heterocycles. The van der Waals surface area contributed by atoms with Gasteiger partial charge >= 0.3 is 5.97 Å². The Bertz CT molecular complexity index is 698. The molecule has 1 N–H and O–H groups in total. The molecular formula is C17H13FO3. The molecule has 0 saturated carbocycles. The molecular weight excluding hydrogens is 271 g/mol. The Hall–Kier alpha value is -2.75. The summed E-state index contributed by atoms with van der Waals surface area (Å²) in [5, 5.41) is 8.74. The number of benzene rings is 2. The van der Waals surface area contributed by atoms with E-state index in [4.69, 9.17) is 5.11 Å². The van der Waals surface area contributed by atoms with Crippen molar-refractivity contribution in [3.8, 4) is 11.1 Å². The number of carboxylic acids is 1. The van der Waals surface area contributed by atoms with Crippen LogP contribution in [-0.2, 0) is 4.79 Å². The summed E-state index contributed by atoms with van der Waals surface area (Å²) in [7, 11) is 0. The molecule has 0 aliphatic heterocycles. The molecule has 0 amide bonds. The van der Waals surface area contributed by atoms with Gasteiger partial charge in [0.15, 0.2) is 5.78 Å². The summed E-state index contributed by atoms with van der Waals surface area (Å²) in [4.78, 5) is 22.5. The topological polar surface area (TPSA) is 54.4 Å². The Morgan fingerprint density at radius 1 is 0.952 bits per heavy atom. The summed E-state index contributed by atoms with van der Waals surface area (Å²) in [6.45, 7) is 1.37. The van der Waals surface area contributed by atoms with Gasteiger partial charge in [-0.05, 0) is 36.3 Å². The first-order valence-electron chi connectivity index (χ1n) is 6.29. The van der Waals surface area contributed by atoms with Gasteiger partial charge in [0.25, 0.3) is 0 Å². The minimum absolute atomic E-state index is 0.0115. The number of rotatable bonds is 4. The Morgan fingerprint density at radius 3 is 1.90 bits per heavy atom. The van der Waals surface area contributed by atoms with Crippen molar-refractivity contribution < 1.29 is 19.1 Å². The van der Waals surface area contributed by atoms with Crippen LogP contribution in [0.15, 0.2) is 60.2 Å². The number of halogens is 1. The van der Waals surface area contributed by atoms with Crippen LogP contribution in [0, 0.1) is 5.82 Å². The maximum atomic E-state index is 12.9. The molecule has 2 aromatic carbocycles. The molecule has 0 spiro atoms. The average molecular weight is 284 g/mol. The second-order valence-electron chi connectivity index (χ2n) is 4.58. The molecule has 0 heterocycles. The first-order valence-corrected chi connectivity index (χ1v) is 6.29. The molecule has 106 valence electrons. The van der Waals surface area contributed by atoms with Crippen LogP contribution in [0.1, 0.15) is 17.3 Å². The van der Waals surface area contributed by atoms with Crippen LogP contribution >= 0.6 is 0 Å². The molecule has 3 nitrogen and oxygen atoms in total. The van der Waals surface area contributed by atoms with Crippen molar-refractivity contribution in [2.75, 3.05) is 0 Å². The standard InChI is InChI=1S/C17H13FO3/c1-11(17(20)21)10-16(19)14-4-2-12(3-5-14)13-6-8-15(18)9-7-13/h2-10H,1H3,(H,20,21)/b11-10+. The maximum absolute atomic E-state index is 12.9. The highest BCUT2D eigenvalue weighted by atomic mass is 19.1. The van der Waals surface area contributed by atoms with E-state index in [2.05, 4.69) is 0 Å². The van der Waals surface area contributed by atoms with Crippen LogP contribution in [0.4, 0.5) is 4.39 Å². The van der Waals surface area contributed by atoms with Crippen molar-refractivity contribution in [1.82, 2.24) is 0 Å². The number of hydrogen-bond donors (Lipinski definition) is 1. The van der Waals surface area contributed by atoms with E-state index in [-0.39, 0.29) is 17.2 Å². The van der Waals surface area contributed by atoms with Gasteiger partial charge in [0.05, 0.1) is 0 Å². The quantitative estimate of drug-likeness (QED) is 0.688. The summed E-state index contributed by atoms with van der Waals surface area (Å²) in [6, 6.07) is 12.8. The zero-order valence-electron chi connectivity index (χ0n) is 11.3. The van der Waals surface area contributed by atoms with Gasteiger partial charge in [0.1, 0.15) is 5.82 Å². The molecule has 0 aliphatic rings. The molecule has 0 radical (unpaired) electrons. The summed E-state index contributed by atoms with van der Waals surface area (Å²) < 4.78 is 12.9. The maximum Gasteiger partial charge on any atom is 0.331 e. The third kappa shape index (κ3) is 3.63. The summed E-state index contributed by atoms with van der Waals surface area (Å²) in [6.07, 6.45) is 1.09. The van der Waals surface area contributed by atoms with Gasteiger partial charge in [-0.1, -0.05) is 36.4 Å². The van der Waals surface area contributed by atoms with E-state index in [1.807, 2.05) is 0 Å². The fraction of sp³-hybridized carbons (Fsp3) is 0.0588. The predicted molar refractivity (Wildman–Crippen MR) is 77.6 cm³/mol. The summed E-state index contributed by atoms with van der Waals surface area (Å²) >= 11 is 0. The molecule has 2 rings (SSSR count). The molecule has 0 aromatic heterocycles. The van der Waals surface area contributed by atoms with Crippen LogP contribution in [0.5, 0.6) is 0 Å². The van der Waals surface area contributed by atoms with Gasteiger partial charge in [0.2, 0.25) is 0 Å². The number of ketones is 1. The van der Waals surface area contributed by atoms with E-state index in [1.54, 1.807) is 36.4 Å². The number of carboxylic acid groups (broad SMARTS) is 1. The van der Waals surface area contributed by atoms with Gasteiger partial charge in [-0.3, -0.25) is 4.79 Å². The Labute approximate surface area is 121 Å². The van der Waals surface area contributed by atoms with Crippen molar-refractivity contribution in [1.29, 1.82) is 0 Å². The average Bonchev–Trinajstić information content (AvgIpc) is 2.48. The van der Waals surface area contributed by atoms with Crippen molar-refractivity contribution in [2.45, 2.75) is 6.92 Å². The first kappa shape index (κ1) is 14.7. The molecule has 0 atom stereocenters. The second-order valence-corrected chi connectivity index (χ2v) is 4.58. The Kier molecular flexibility index (Phi) is 4.28. The highest BCUT2D eigenvalue weighted by Crippen LogP contribution is 2.20. The molecule has 2 aromatic rings. The lowest BCUT2D eigenvalue weighted by molar-refractivity contribution is -0.132. The summed E-state index contributed by atoms with van der Waals surface area (Å²) in [5.74, 6) is -1.79. The zero-order valence-corrected chi connectivity index (χ0v) is 11.3. The molecule has 0 bridgehead atoms. The van der Waals surface area contributed by atoms with Crippen molar-refractivity contribution in [2.24, 2.45) is 0 Å². The van der Waals surface area contributed by atoms with Gasteiger partial charge in [-0.25, -0.2) is 9.18 Å². The largest absolute Gasteiger partial charge is 0.478 e. The van der Waals surface area contributed by atoms with Crippen LogP contribution in [0.3, 0.4) is 0 Å². The number of carbonyl (C=O) groups is 2. The number of carbonyl (C=O) groups excluding carboxylic acids is 1. The lowest BCUT2D eigenvalue weighted by atomic mass is 10.0. The van der Waals surface area contributed by atoms with E-state index >= 15 is 0 Å². The van der Waals surface area contributed by atoms with Crippen molar-refractivity contribution in [3.63, 3.8) is 0 Å². The SMILES string of the molecule is C/C(=C\C(=O)c1ccc(-c2ccc(F)cc2)cc1)C(=O)O. The molecule has 0 unspecified atom stereocenters. The highest BCUT2D eigenvalue weighted by Gasteiger charge is 2.07. The minimum atomic E-state index is -1.12. The van der Waals surface area contributed by atoms with Crippen molar-refractivity contribution in [3.05, 3.63) is 71.6 Å². The van der Waals surface area contributed by atoms with Crippen LogP contribution in [0.2, 0.25) is 0 Å². The van der Waals surface area contributed by atoms with Crippen LogP contribution in [0.25, 0.3) is 11.1 Å². The molecule has 4 heteroatoms. The van der Waals surface area contributed by atoms with Crippen molar-refractivity contribution >= 4 is 11.8 Å². The van der Waals surface area contributed by atoms with Crippen LogP contribution < -0.4 is 0 Å². The smallest absolute Gasteiger partial charge is 0.331 e. The summed E-state index contributed by atoms with van der Waals surface area (Å²) in [5.41, 5.74) is 2.09. The second kappa shape index (κ2) is 6.13. The van der Waals surface area contributed by atoms with E-state index in [0.29, 0.717) is 5.56 Å². The van der Waals surface area contributed by atoms with E-state index in [9.17, 15) is 14.0 Å². The zero-order chi connectivity index (χ0) is 15.4. The number of aliphatic carboxylic acids is 1. The number of allylic oxidation sites excluding steroid dienone is 1. The highest BCUT2D eigenvalue weighted by molar-refractivity contribution is 6.08. The fourth-order valence-corrected chi connectivity index (χ4v) is 1.81. The van der Waals surface area contributed by atoms with E-state index in [0.717, 1.165) is 17.2 Å². The lowest BCUT2D eigenvalue weighted by Gasteiger charge is -2.03. The monoisotopic (exact) mass is 284 g/mol.